The standard InChI is InChI=1S/C17H24S/c1-14-10-11-16(13-15(14)2)7-6-12-18-17-8-4-3-5-9-17/h3-5,8-9,16H,6-7,10-13H2,1-2H3/t16-/m0/s1. The van der Waals surface area contributed by atoms with Crippen LogP contribution in [0.5, 0.6) is 0 Å². The fourth-order valence-corrected chi connectivity index (χ4v) is 3.56. The number of hydrogen-bond acceptors (Lipinski definition) is 1. The van der Waals surface area contributed by atoms with E-state index in [0.29, 0.717) is 0 Å². The van der Waals surface area contributed by atoms with Crippen LogP contribution in [0.3, 0.4) is 0 Å². The number of thioether (sulfide) groups is 1. The zero-order valence-electron chi connectivity index (χ0n) is 11.6. The highest BCUT2D eigenvalue weighted by Crippen LogP contribution is 2.32. The SMILES string of the molecule is CC1=C(C)C[C@@H](CCCSc2ccccc2)CC1. The smallest absolute Gasteiger partial charge is 0.00719 e. The van der Waals surface area contributed by atoms with E-state index < -0.39 is 0 Å². The third-order valence-corrected chi connectivity index (χ3v) is 5.12. The van der Waals surface area contributed by atoms with Gasteiger partial charge >= 0.3 is 0 Å². The summed E-state index contributed by atoms with van der Waals surface area (Å²) >= 11 is 2.00. The van der Waals surface area contributed by atoms with Crippen LogP contribution in [0.2, 0.25) is 0 Å². The fraction of sp³-hybridized carbons (Fsp3) is 0.529. The van der Waals surface area contributed by atoms with Gasteiger partial charge < -0.3 is 0 Å². The zero-order valence-corrected chi connectivity index (χ0v) is 12.4. The van der Waals surface area contributed by atoms with Crippen molar-refractivity contribution in [2.75, 3.05) is 5.75 Å². The van der Waals surface area contributed by atoms with Gasteiger partial charge in [-0.15, -0.1) is 11.8 Å². The van der Waals surface area contributed by atoms with E-state index in [2.05, 4.69) is 44.2 Å². The molecule has 0 heterocycles. The molecule has 1 atom stereocenters. The van der Waals surface area contributed by atoms with Crippen molar-refractivity contribution in [2.24, 2.45) is 5.92 Å². The van der Waals surface area contributed by atoms with E-state index in [-0.39, 0.29) is 0 Å². The molecule has 18 heavy (non-hydrogen) atoms. The minimum absolute atomic E-state index is 0.949. The van der Waals surface area contributed by atoms with Gasteiger partial charge in [-0.3, -0.25) is 0 Å². The third kappa shape index (κ3) is 4.20. The van der Waals surface area contributed by atoms with E-state index in [1.54, 1.807) is 11.1 Å². The monoisotopic (exact) mass is 260 g/mol. The zero-order chi connectivity index (χ0) is 12.8. The van der Waals surface area contributed by atoms with Crippen molar-refractivity contribution < 1.29 is 0 Å². The molecular weight excluding hydrogens is 236 g/mol. The Hall–Kier alpha value is -0.690. The minimum Gasteiger partial charge on any atom is -0.126 e. The molecule has 0 aliphatic heterocycles. The lowest BCUT2D eigenvalue weighted by Crippen LogP contribution is -2.08. The van der Waals surface area contributed by atoms with E-state index in [1.807, 2.05) is 11.8 Å². The maximum atomic E-state index is 2.32. The van der Waals surface area contributed by atoms with E-state index in [1.165, 1.54) is 42.8 Å². The van der Waals surface area contributed by atoms with Crippen LogP contribution >= 0.6 is 11.8 Å². The Morgan fingerprint density at radius 3 is 2.61 bits per heavy atom. The summed E-state index contributed by atoms with van der Waals surface area (Å²) < 4.78 is 0. The topological polar surface area (TPSA) is 0 Å². The third-order valence-electron chi connectivity index (χ3n) is 4.02. The summed E-state index contributed by atoms with van der Waals surface area (Å²) in [6.07, 6.45) is 6.87. The molecule has 0 spiro atoms. The molecule has 0 aromatic heterocycles. The lowest BCUT2D eigenvalue weighted by Gasteiger charge is -2.24. The van der Waals surface area contributed by atoms with E-state index in [4.69, 9.17) is 0 Å². The molecule has 98 valence electrons. The van der Waals surface area contributed by atoms with Gasteiger partial charge in [0.15, 0.2) is 0 Å². The molecule has 1 aromatic rings. The molecule has 1 aliphatic rings. The number of rotatable bonds is 5. The van der Waals surface area contributed by atoms with Crippen LogP contribution in [0.4, 0.5) is 0 Å². The molecule has 0 radical (unpaired) electrons. The van der Waals surface area contributed by atoms with Gasteiger partial charge in [-0.05, 0) is 69.8 Å². The van der Waals surface area contributed by atoms with Crippen LogP contribution in [0.1, 0.15) is 46.0 Å². The van der Waals surface area contributed by atoms with Crippen LogP contribution in [0.25, 0.3) is 0 Å². The van der Waals surface area contributed by atoms with Crippen molar-refractivity contribution >= 4 is 11.8 Å². The van der Waals surface area contributed by atoms with E-state index >= 15 is 0 Å². The molecule has 0 unspecified atom stereocenters. The molecule has 0 bridgehead atoms. The van der Waals surface area contributed by atoms with Crippen molar-refractivity contribution in [1.82, 2.24) is 0 Å². The second kappa shape index (κ2) is 7.04. The van der Waals surface area contributed by atoms with E-state index in [9.17, 15) is 0 Å². The van der Waals surface area contributed by atoms with E-state index in [0.717, 1.165) is 5.92 Å². The summed E-state index contributed by atoms with van der Waals surface area (Å²) in [6.45, 7) is 4.62. The average molecular weight is 260 g/mol. The number of hydrogen-bond donors (Lipinski definition) is 0. The molecular formula is C17H24S. The van der Waals surface area contributed by atoms with Crippen molar-refractivity contribution in [1.29, 1.82) is 0 Å². The number of benzene rings is 1. The summed E-state index contributed by atoms with van der Waals surface area (Å²) in [5.74, 6) is 2.22. The molecule has 0 nitrogen and oxygen atoms in total. The Labute approximate surface area is 116 Å². The van der Waals surface area contributed by atoms with Crippen molar-refractivity contribution in [3.63, 3.8) is 0 Å². The normalized spacial score (nSPS) is 20.2. The second-order valence-corrected chi connectivity index (χ2v) is 6.64. The van der Waals surface area contributed by atoms with Gasteiger partial charge in [-0.25, -0.2) is 0 Å². The first-order valence-electron chi connectivity index (χ1n) is 7.09. The van der Waals surface area contributed by atoms with Gasteiger partial charge in [0.05, 0.1) is 0 Å². The molecule has 0 N–H and O–H groups in total. The maximum absolute atomic E-state index is 2.32. The highest BCUT2D eigenvalue weighted by atomic mass is 32.2. The molecule has 1 aromatic carbocycles. The molecule has 0 amide bonds. The average Bonchev–Trinajstić information content (AvgIpc) is 2.40. The minimum atomic E-state index is 0.949. The van der Waals surface area contributed by atoms with Crippen molar-refractivity contribution in [2.45, 2.75) is 50.8 Å². The largest absolute Gasteiger partial charge is 0.126 e. The molecule has 0 saturated carbocycles. The lowest BCUT2D eigenvalue weighted by molar-refractivity contribution is 0.421. The summed E-state index contributed by atoms with van der Waals surface area (Å²) in [7, 11) is 0. The van der Waals surface area contributed by atoms with Gasteiger partial charge in [0.2, 0.25) is 0 Å². The van der Waals surface area contributed by atoms with Crippen LogP contribution in [0, 0.1) is 5.92 Å². The Morgan fingerprint density at radius 1 is 1.11 bits per heavy atom. The lowest BCUT2D eigenvalue weighted by atomic mass is 9.83. The Bertz CT molecular complexity index is 391. The maximum Gasteiger partial charge on any atom is 0.00719 e. The van der Waals surface area contributed by atoms with Crippen molar-refractivity contribution in [3.8, 4) is 0 Å². The predicted octanol–water partition coefficient (Wildman–Crippen LogP) is 5.70. The fourth-order valence-electron chi connectivity index (χ4n) is 2.67. The predicted molar refractivity (Wildman–Crippen MR) is 82.1 cm³/mol. The molecule has 0 saturated heterocycles. The van der Waals surface area contributed by atoms with Gasteiger partial charge in [-0.1, -0.05) is 29.3 Å². The van der Waals surface area contributed by atoms with Crippen LogP contribution in [-0.2, 0) is 0 Å². The van der Waals surface area contributed by atoms with Crippen LogP contribution in [0.15, 0.2) is 46.4 Å². The summed E-state index contributed by atoms with van der Waals surface area (Å²) in [5.41, 5.74) is 3.30. The Balaban J connectivity index is 1.65. The van der Waals surface area contributed by atoms with Gasteiger partial charge in [0.1, 0.15) is 0 Å². The first-order valence-corrected chi connectivity index (χ1v) is 8.07. The highest BCUT2D eigenvalue weighted by Gasteiger charge is 2.15. The van der Waals surface area contributed by atoms with Crippen LogP contribution < -0.4 is 0 Å². The van der Waals surface area contributed by atoms with Gasteiger partial charge in [0, 0.05) is 4.90 Å². The van der Waals surface area contributed by atoms with Crippen LogP contribution in [-0.4, -0.2) is 5.75 Å². The summed E-state index contributed by atoms with van der Waals surface area (Å²) in [6, 6.07) is 10.8. The first kappa shape index (κ1) is 13.7. The number of allylic oxidation sites excluding steroid dienone is 2. The summed E-state index contributed by atoms with van der Waals surface area (Å²) in [4.78, 5) is 1.41. The molecule has 1 aliphatic carbocycles. The Kier molecular flexibility index (Phi) is 5.37. The summed E-state index contributed by atoms with van der Waals surface area (Å²) in [5, 5.41) is 0. The molecule has 1 heteroatoms. The molecule has 0 fully saturated rings. The quantitative estimate of drug-likeness (QED) is 0.372. The van der Waals surface area contributed by atoms with Crippen molar-refractivity contribution in [3.05, 3.63) is 41.5 Å². The molecule has 2 rings (SSSR count). The highest BCUT2D eigenvalue weighted by molar-refractivity contribution is 7.99. The van der Waals surface area contributed by atoms with Gasteiger partial charge in [-0.2, -0.15) is 0 Å². The Morgan fingerprint density at radius 2 is 1.89 bits per heavy atom. The van der Waals surface area contributed by atoms with Gasteiger partial charge in [0.25, 0.3) is 0 Å². The second-order valence-electron chi connectivity index (χ2n) is 5.47. The first-order chi connectivity index (χ1) is 8.75.